The Labute approximate surface area is 67.4 Å². The molecule has 0 radical (unpaired) electrons. The Morgan fingerprint density at radius 1 is 1.67 bits per heavy atom. The van der Waals surface area contributed by atoms with Gasteiger partial charge in [-0.05, 0) is 16.9 Å². The van der Waals surface area contributed by atoms with Crippen molar-refractivity contribution in [3.8, 4) is 0 Å². The van der Waals surface area contributed by atoms with Gasteiger partial charge in [0.15, 0.2) is 0 Å². The summed E-state index contributed by atoms with van der Waals surface area (Å²) in [5.74, 6) is -0.216. The van der Waals surface area contributed by atoms with E-state index in [1.807, 2.05) is 22.6 Å². The van der Waals surface area contributed by atoms with Crippen LogP contribution in [0.4, 0.5) is 0 Å². The molecular formula is C6H7IO2. The highest BCUT2D eigenvalue weighted by atomic mass is 127. The molecule has 0 aliphatic heterocycles. The predicted octanol–water partition coefficient (Wildman–Crippen LogP) is 1.64. The molecule has 0 saturated heterocycles. The van der Waals surface area contributed by atoms with Gasteiger partial charge in [0.2, 0.25) is 0 Å². The monoisotopic (exact) mass is 238 g/mol. The van der Waals surface area contributed by atoms with Gasteiger partial charge in [-0.2, -0.15) is 0 Å². The summed E-state index contributed by atoms with van der Waals surface area (Å²) in [5, 5.41) is 0. The third-order valence-corrected chi connectivity index (χ3v) is 1.37. The molecule has 1 aliphatic carbocycles. The highest BCUT2D eigenvalue weighted by molar-refractivity contribution is 14.1. The molecule has 0 N–H and O–H groups in total. The Balaban J connectivity index is 2.17. The van der Waals surface area contributed by atoms with Crippen LogP contribution in [0, 0.1) is 0 Å². The fourth-order valence-corrected chi connectivity index (χ4v) is 0.734. The van der Waals surface area contributed by atoms with Crippen molar-refractivity contribution in [2.45, 2.75) is 18.9 Å². The van der Waals surface area contributed by atoms with E-state index in [0.717, 1.165) is 12.8 Å². The molecule has 0 aromatic heterocycles. The van der Waals surface area contributed by atoms with Crippen LogP contribution in [0.25, 0.3) is 0 Å². The minimum absolute atomic E-state index is 0.216. The summed E-state index contributed by atoms with van der Waals surface area (Å²) in [7, 11) is 0. The Hall–Kier alpha value is -0.0600. The van der Waals surface area contributed by atoms with Crippen LogP contribution in [0.15, 0.2) is 10.2 Å². The van der Waals surface area contributed by atoms with Gasteiger partial charge in [0.05, 0.1) is 0 Å². The average Bonchev–Trinajstić information content (AvgIpc) is 2.50. The first-order chi connectivity index (χ1) is 4.33. The second kappa shape index (κ2) is 3.20. The van der Waals surface area contributed by atoms with Crippen LogP contribution in [0.5, 0.6) is 0 Å². The second-order valence-corrected chi connectivity index (χ2v) is 2.65. The molecule has 0 aromatic rings. The first-order valence-corrected chi connectivity index (χ1v) is 4.05. The highest BCUT2D eigenvalue weighted by Gasteiger charge is 2.24. The molecule has 0 heterocycles. The van der Waals surface area contributed by atoms with Gasteiger partial charge in [0.25, 0.3) is 0 Å². The molecule has 3 heteroatoms. The van der Waals surface area contributed by atoms with Gasteiger partial charge in [-0.3, -0.25) is 0 Å². The molecule has 1 aliphatic rings. The number of hydrogen-bond acceptors (Lipinski definition) is 2. The summed E-state index contributed by atoms with van der Waals surface area (Å²) in [6.45, 7) is 0. The van der Waals surface area contributed by atoms with Crippen molar-refractivity contribution in [3.63, 3.8) is 0 Å². The van der Waals surface area contributed by atoms with E-state index in [1.165, 1.54) is 6.08 Å². The number of esters is 1. The van der Waals surface area contributed by atoms with E-state index in [2.05, 4.69) is 0 Å². The molecular weight excluding hydrogens is 231 g/mol. The predicted molar refractivity (Wildman–Crippen MR) is 42.3 cm³/mol. The van der Waals surface area contributed by atoms with E-state index in [-0.39, 0.29) is 12.1 Å². The van der Waals surface area contributed by atoms with Gasteiger partial charge in [0.1, 0.15) is 6.10 Å². The molecule has 0 atom stereocenters. The first kappa shape index (κ1) is 7.05. The normalized spacial score (nSPS) is 18.3. The second-order valence-electron chi connectivity index (χ2n) is 1.93. The SMILES string of the molecule is O=C(/C=C/I)OC1CC1. The zero-order valence-electron chi connectivity index (χ0n) is 4.84. The van der Waals surface area contributed by atoms with Gasteiger partial charge in [-0.15, -0.1) is 0 Å². The Bertz CT molecular complexity index is 138. The summed E-state index contributed by atoms with van der Waals surface area (Å²) in [6, 6.07) is 0. The minimum atomic E-state index is -0.216. The number of rotatable bonds is 2. The van der Waals surface area contributed by atoms with Crippen LogP contribution in [0.3, 0.4) is 0 Å². The van der Waals surface area contributed by atoms with Crippen molar-refractivity contribution in [2.75, 3.05) is 0 Å². The summed E-state index contributed by atoms with van der Waals surface area (Å²) in [4.78, 5) is 10.6. The first-order valence-electron chi connectivity index (χ1n) is 2.80. The maximum absolute atomic E-state index is 10.6. The maximum atomic E-state index is 10.6. The largest absolute Gasteiger partial charge is 0.459 e. The zero-order chi connectivity index (χ0) is 6.69. The van der Waals surface area contributed by atoms with Gasteiger partial charge in [-0.25, -0.2) is 4.79 Å². The third kappa shape index (κ3) is 2.84. The van der Waals surface area contributed by atoms with Crippen LogP contribution >= 0.6 is 22.6 Å². The number of ether oxygens (including phenoxy) is 1. The third-order valence-electron chi connectivity index (χ3n) is 1.01. The lowest BCUT2D eigenvalue weighted by molar-refractivity contribution is -0.138. The average molecular weight is 238 g/mol. The van der Waals surface area contributed by atoms with E-state index in [9.17, 15) is 4.79 Å². The van der Waals surface area contributed by atoms with E-state index in [1.54, 1.807) is 4.08 Å². The van der Waals surface area contributed by atoms with Crippen molar-refractivity contribution in [2.24, 2.45) is 0 Å². The summed E-state index contributed by atoms with van der Waals surface area (Å²) < 4.78 is 6.53. The van der Waals surface area contributed by atoms with Gasteiger partial charge < -0.3 is 4.74 Å². The Morgan fingerprint density at radius 3 is 2.78 bits per heavy atom. The molecule has 0 bridgehead atoms. The molecule has 2 nitrogen and oxygen atoms in total. The molecule has 1 fully saturated rings. The van der Waals surface area contributed by atoms with E-state index < -0.39 is 0 Å². The van der Waals surface area contributed by atoms with Crippen molar-refractivity contribution in [1.82, 2.24) is 0 Å². The lowest BCUT2D eigenvalue weighted by Gasteiger charge is -1.94. The molecule has 0 unspecified atom stereocenters. The van der Waals surface area contributed by atoms with E-state index in [0.29, 0.717) is 0 Å². The number of hydrogen-bond donors (Lipinski definition) is 0. The van der Waals surface area contributed by atoms with Crippen LogP contribution in [0.2, 0.25) is 0 Å². The van der Waals surface area contributed by atoms with Crippen LogP contribution in [0.1, 0.15) is 12.8 Å². The number of carbonyl (C=O) groups is 1. The van der Waals surface area contributed by atoms with Gasteiger partial charge in [-0.1, -0.05) is 22.6 Å². The van der Waals surface area contributed by atoms with Crippen molar-refractivity contribution < 1.29 is 9.53 Å². The smallest absolute Gasteiger partial charge is 0.331 e. The molecule has 0 amide bonds. The lowest BCUT2D eigenvalue weighted by Crippen LogP contribution is -2.00. The highest BCUT2D eigenvalue weighted by Crippen LogP contribution is 2.23. The number of halogens is 1. The van der Waals surface area contributed by atoms with Crippen LogP contribution in [-0.2, 0) is 9.53 Å². The van der Waals surface area contributed by atoms with Gasteiger partial charge in [0, 0.05) is 6.08 Å². The van der Waals surface area contributed by atoms with Crippen LogP contribution < -0.4 is 0 Å². The lowest BCUT2D eigenvalue weighted by atomic mass is 10.6. The number of carbonyl (C=O) groups excluding carboxylic acids is 1. The Morgan fingerprint density at radius 2 is 2.33 bits per heavy atom. The van der Waals surface area contributed by atoms with E-state index in [4.69, 9.17) is 4.74 Å². The van der Waals surface area contributed by atoms with Crippen molar-refractivity contribution in [3.05, 3.63) is 10.2 Å². The zero-order valence-corrected chi connectivity index (χ0v) is 7.00. The summed E-state index contributed by atoms with van der Waals surface area (Å²) >= 11 is 1.99. The molecule has 0 spiro atoms. The Kier molecular flexibility index (Phi) is 2.50. The molecule has 1 saturated carbocycles. The fourth-order valence-electron chi connectivity index (χ4n) is 0.441. The molecule has 50 valence electrons. The van der Waals surface area contributed by atoms with Crippen molar-refractivity contribution >= 4 is 28.6 Å². The molecule has 9 heavy (non-hydrogen) atoms. The standard InChI is InChI=1S/C6H7IO2/c7-4-3-6(8)9-5-1-2-5/h3-5H,1-2H2/b4-3+. The molecule has 0 aromatic carbocycles. The van der Waals surface area contributed by atoms with Crippen LogP contribution in [-0.4, -0.2) is 12.1 Å². The minimum Gasteiger partial charge on any atom is -0.459 e. The van der Waals surface area contributed by atoms with Gasteiger partial charge >= 0.3 is 5.97 Å². The summed E-state index contributed by atoms with van der Waals surface area (Å²) in [5.41, 5.74) is 0. The topological polar surface area (TPSA) is 26.3 Å². The fraction of sp³-hybridized carbons (Fsp3) is 0.500. The summed E-state index contributed by atoms with van der Waals surface area (Å²) in [6.07, 6.45) is 3.74. The van der Waals surface area contributed by atoms with E-state index >= 15 is 0 Å². The molecule has 1 rings (SSSR count). The van der Waals surface area contributed by atoms with Crippen molar-refractivity contribution in [1.29, 1.82) is 0 Å². The quantitative estimate of drug-likeness (QED) is 0.415. The maximum Gasteiger partial charge on any atom is 0.331 e.